The van der Waals surface area contributed by atoms with Gasteiger partial charge in [0.2, 0.25) is 0 Å². The predicted molar refractivity (Wildman–Crippen MR) is 74.2 cm³/mol. The summed E-state index contributed by atoms with van der Waals surface area (Å²) < 4.78 is 6.13. The molecule has 5 heteroatoms. The second-order valence-electron chi connectivity index (χ2n) is 3.51. The van der Waals surface area contributed by atoms with Crippen LogP contribution < -0.4 is 16.0 Å². The molecule has 3 N–H and O–H groups in total. The number of hydrogen-bond acceptors (Lipinski definition) is 4. The molecule has 1 atom stereocenters. The van der Waals surface area contributed by atoms with Crippen molar-refractivity contribution in [1.82, 2.24) is 5.43 Å². The van der Waals surface area contributed by atoms with E-state index in [4.69, 9.17) is 10.6 Å². The maximum atomic E-state index is 5.63. The lowest BCUT2D eigenvalue weighted by Gasteiger charge is -2.16. The third-order valence-electron chi connectivity index (χ3n) is 2.50. The van der Waals surface area contributed by atoms with Crippen LogP contribution in [0.15, 0.2) is 40.2 Å². The van der Waals surface area contributed by atoms with Crippen LogP contribution in [0.4, 0.5) is 0 Å². The first-order valence-electron chi connectivity index (χ1n) is 5.09. The SMILES string of the molecule is COc1ccc(C(NN)c2cccs2)cc1Br. The van der Waals surface area contributed by atoms with E-state index in [-0.39, 0.29) is 6.04 Å². The summed E-state index contributed by atoms with van der Waals surface area (Å²) in [4.78, 5) is 1.18. The second-order valence-corrected chi connectivity index (χ2v) is 5.34. The fourth-order valence-corrected chi connectivity index (χ4v) is 3.03. The molecule has 3 nitrogen and oxygen atoms in total. The summed E-state index contributed by atoms with van der Waals surface area (Å²) in [5, 5.41) is 2.04. The van der Waals surface area contributed by atoms with Crippen molar-refractivity contribution in [2.75, 3.05) is 7.11 Å². The monoisotopic (exact) mass is 312 g/mol. The van der Waals surface area contributed by atoms with E-state index in [1.807, 2.05) is 29.6 Å². The molecule has 0 bridgehead atoms. The lowest BCUT2D eigenvalue weighted by Crippen LogP contribution is -2.28. The van der Waals surface area contributed by atoms with Crippen molar-refractivity contribution >= 4 is 27.3 Å². The highest BCUT2D eigenvalue weighted by Gasteiger charge is 2.14. The molecule has 0 aliphatic heterocycles. The summed E-state index contributed by atoms with van der Waals surface area (Å²) >= 11 is 5.16. The Morgan fingerprint density at radius 2 is 2.24 bits per heavy atom. The van der Waals surface area contributed by atoms with Crippen LogP contribution in [0, 0.1) is 0 Å². The Labute approximate surface area is 113 Å². The van der Waals surface area contributed by atoms with Gasteiger partial charge >= 0.3 is 0 Å². The molecule has 90 valence electrons. The summed E-state index contributed by atoms with van der Waals surface area (Å²) in [6, 6.07) is 10.0. The van der Waals surface area contributed by atoms with Gasteiger partial charge in [0.15, 0.2) is 0 Å². The van der Waals surface area contributed by atoms with E-state index in [1.165, 1.54) is 4.88 Å². The predicted octanol–water partition coefficient (Wildman–Crippen LogP) is 3.07. The summed E-state index contributed by atoms with van der Waals surface area (Å²) in [6.45, 7) is 0. The molecule has 0 amide bonds. The van der Waals surface area contributed by atoms with E-state index in [2.05, 4.69) is 27.4 Å². The van der Waals surface area contributed by atoms with E-state index >= 15 is 0 Å². The number of hydrogen-bond donors (Lipinski definition) is 2. The Kier molecular flexibility index (Phi) is 4.17. The van der Waals surface area contributed by atoms with Gasteiger partial charge in [-0.3, -0.25) is 5.84 Å². The molecule has 17 heavy (non-hydrogen) atoms. The highest BCUT2D eigenvalue weighted by atomic mass is 79.9. The van der Waals surface area contributed by atoms with Crippen LogP contribution in [0.2, 0.25) is 0 Å². The molecular weight excluding hydrogens is 300 g/mol. The van der Waals surface area contributed by atoms with Crippen LogP contribution >= 0.6 is 27.3 Å². The Morgan fingerprint density at radius 3 is 2.76 bits per heavy atom. The number of nitrogens with two attached hydrogens (primary N) is 1. The van der Waals surface area contributed by atoms with Crippen molar-refractivity contribution in [1.29, 1.82) is 0 Å². The maximum Gasteiger partial charge on any atom is 0.133 e. The fraction of sp³-hybridized carbons (Fsp3) is 0.167. The van der Waals surface area contributed by atoms with Crippen LogP contribution in [-0.4, -0.2) is 7.11 Å². The zero-order valence-electron chi connectivity index (χ0n) is 9.31. The van der Waals surface area contributed by atoms with Crippen LogP contribution in [0.1, 0.15) is 16.5 Å². The molecule has 2 aromatic rings. The number of methoxy groups -OCH3 is 1. The lowest BCUT2D eigenvalue weighted by molar-refractivity contribution is 0.412. The molecule has 0 aliphatic carbocycles. The molecule has 2 rings (SSSR count). The molecule has 1 aromatic carbocycles. The van der Waals surface area contributed by atoms with Gasteiger partial charge in [0.25, 0.3) is 0 Å². The van der Waals surface area contributed by atoms with E-state index in [0.717, 1.165) is 15.8 Å². The minimum atomic E-state index is 0.0113. The summed E-state index contributed by atoms with van der Waals surface area (Å²) in [5.74, 6) is 6.44. The van der Waals surface area contributed by atoms with E-state index in [1.54, 1.807) is 18.4 Å². The zero-order valence-corrected chi connectivity index (χ0v) is 11.7. The summed E-state index contributed by atoms with van der Waals surface area (Å²) in [6.07, 6.45) is 0. The van der Waals surface area contributed by atoms with Crippen LogP contribution in [0.3, 0.4) is 0 Å². The first kappa shape index (κ1) is 12.6. The van der Waals surface area contributed by atoms with E-state index in [0.29, 0.717) is 0 Å². The molecule has 0 saturated heterocycles. The van der Waals surface area contributed by atoms with Crippen molar-refractivity contribution in [3.8, 4) is 5.75 Å². The van der Waals surface area contributed by atoms with Gasteiger partial charge in [-0.05, 0) is 45.1 Å². The standard InChI is InChI=1S/C12H13BrN2OS/c1-16-10-5-4-8(7-9(10)13)12(15-14)11-3-2-6-17-11/h2-7,12,15H,14H2,1H3. The van der Waals surface area contributed by atoms with E-state index < -0.39 is 0 Å². The molecule has 1 unspecified atom stereocenters. The topological polar surface area (TPSA) is 47.3 Å². The average molecular weight is 313 g/mol. The maximum absolute atomic E-state index is 5.63. The van der Waals surface area contributed by atoms with Crippen molar-refractivity contribution in [2.45, 2.75) is 6.04 Å². The third-order valence-corrected chi connectivity index (χ3v) is 4.06. The van der Waals surface area contributed by atoms with Gasteiger partial charge in [-0.25, -0.2) is 5.43 Å². The first-order chi connectivity index (χ1) is 8.26. The van der Waals surface area contributed by atoms with Crippen LogP contribution in [0.25, 0.3) is 0 Å². The molecule has 0 saturated carbocycles. The Hall–Kier alpha value is -0.880. The molecule has 0 aliphatic rings. The Balaban J connectivity index is 2.35. The number of halogens is 1. The van der Waals surface area contributed by atoms with Gasteiger partial charge in [0, 0.05) is 4.88 Å². The minimum absolute atomic E-state index is 0.0113. The summed E-state index contributed by atoms with van der Waals surface area (Å²) in [7, 11) is 1.65. The molecular formula is C12H13BrN2OS. The highest BCUT2D eigenvalue weighted by molar-refractivity contribution is 9.10. The fourth-order valence-electron chi connectivity index (χ4n) is 1.66. The second kappa shape index (κ2) is 5.64. The van der Waals surface area contributed by atoms with Gasteiger partial charge in [-0.15, -0.1) is 11.3 Å². The number of ether oxygens (including phenoxy) is 1. The quantitative estimate of drug-likeness (QED) is 0.674. The number of thiophene rings is 1. The van der Waals surface area contributed by atoms with Crippen molar-refractivity contribution < 1.29 is 4.74 Å². The van der Waals surface area contributed by atoms with Gasteiger partial charge in [0.1, 0.15) is 5.75 Å². The van der Waals surface area contributed by atoms with Crippen molar-refractivity contribution in [2.24, 2.45) is 5.84 Å². The zero-order chi connectivity index (χ0) is 12.3. The van der Waals surface area contributed by atoms with Crippen molar-refractivity contribution in [3.63, 3.8) is 0 Å². The third kappa shape index (κ3) is 2.69. The lowest BCUT2D eigenvalue weighted by atomic mass is 10.1. The number of rotatable bonds is 4. The van der Waals surface area contributed by atoms with Gasteiger partial charge in [-0.2, -0.15) is 0 Å². The molecule has 0 spiro atoms. The number of hydrazine groups is 1. The molecule has 0 radical (unpaired) electrons. The Morgan fingerprint density at radius 1 is 1.41 bits per heavy atom. The minimum Gasteiger partial charge on any atom is -0.496 e. The normalized spacial score (nSPS) is 12.4. The number of benzene rings is 1. The average Bonchev–Trinajstić information content (AvgIpc) is 2.84. The van der Waals surface area contributed by atoms with Crippen LogP contribution in [-0.2, 0) is 0 Å². The summed E-state index contributed by atoms with van der Waals surface area (Å²) in [5.41, 5.74) is 3.93. The van der Waals surface area contributed by atoms with Crippen molar-refractivity contribution in [3.05, 3.63) is 50.6 Å². The molecule has 1 heterocycles. The van der Waals surface area contributed by atoms with Crippen LogP contribution in [0.5, 0.6) is 5.75 Å². The molecule has 1 aromatic heterocycles. The largest absolute Gasteiger partial charge is 0.496 e. The van der Waals surface area contributed by atoms with E-state index in [9.17, 15) is 0 Å². The van der Waals surface area contributed by atoms with Gasteiger partial charge in [-0.1, -0.05) is 12.1 Å². The Bertz CT molecular complexity index is 487. The highest BCUT2D eigenvalue weighted by Crippen LogP contribution is 2.31. The number of nitrogens with one attached hydrogen (secondary N) is 1. The molecule has 0 fully saturated rings. The first-order valence-corrected chi connectivity index (χ1v) is 6.76. The van der Waals surface area contributed by atoms with Gasteiger partial charge < -0.3 is 4.74 Å². The smallest absolute Gasteiger partial charge is 0.133 e. The van der Waals surface area contributed by atoms with Gasteiger partial charge in [0.05, 0.1) is 17.6 Å².